The van der Waals surface area contributed by atoms with E-state index in [0.29, 0.717) is 35.3 Å². The van der Waals surface area contributed by atoms with E-state index in [9.17, 15) is 4.79 Å². The molecule has 0 bridgehead atoms. The molecule has 0 fully saturated rings. The molecule has 0 aliphatic heterocycles. The summed E-state index contributed by atoms with van der Waals surface area (Å²) in [7, 11) is 1.62. The van der Waals surface area contributed by atoms with Crippen LogP contribution in [0.2, 0.25) is 5.02 Å². The Labute approximate surface area is 197 Å². The first-order chi connectivity index (χ1) is 16.1. The number of rotatable bonds is 8. The molecule has 0 N–H and O–H groups in total. The largest absolute Gasteiger partial charge is 0.497 e. The monoisotopic (exact) mass is 461 g/mol. The normalized spacial score (nSPS) is 11.7. The molecular formula is C26H24ClN3O3. The van der Waals surface area contributed by atoms with Gasteiger partial charge in [0.05, 0.1) is 23.7 Å². The van der Waals surface area contributed by atoms with Crippen LogP contribution in [-0.4, -0.2) is 34.6 Å². The molecule has 7 heteroatoms. The Bertz CT molecular complexity index is 1210. The first kappa shape index (κ1) is 22.6. The van der Waals surface area contributed by atoms with Crippen LogP contribution in [0.4, 0.5) is 0 Å². The van der Waals surface area contributed by atoms with E-state index in [1.165, 1.54) is 0 Å². The first-order valence-electron chi connectivity index (χ1n) is 10.6. The van der Waals surface area contributed by atoms with Crippen molar-refractivity contribution >= 4 is 17.5 Å². The molecule has 0 aliphatic carbocycles. The second kappa shape index (κ2) is 10.3. The molecule has 33 heavy (non-hydrogen) atoms. The van der Waals surface area contributed by atoms with Gasteiger partial charge in [-0.25, -0.2) is 0 Å². The van der Waals surface area contributed by atoms with Crippen molar-refractivity contribution in [2.45, 2.75) is 19.4 Å². The summed E-state index contributed by atoms with van der Waals surface area (Å²) in [4.78, 5) is 19.7. The maximum atomic E-state index is 13.5. The summed E-state index contributed by atoms with van der Waals surface area (Å²) in [6, 6.07) is 24.2. The number of hydrogen-bond donors (Lipinski definition) is 0. The average Bonchev–Trinajstić information content (AvgIpc) is 3.34. The van der Waals surface area contributed by atoms with Crippen molar-refractivity contribution in [3.8, 4) is 17.1 Å². The van der Waals surface area contributed by atoms with E-state index < -0.39 is 0 Å². The van der Waals surface area contributed by atoms with E-state index in [4.69, 9.17) is 20.9 Å². The number of carbonyl (C=O) groups excluding carboxylic acids is 1. The first-order valence-corrected chi connectivity index (χ1v) is 11.0. The number of carbonyl (C=O) groups is 1. The summed E-state index contributed by atoms with van der Waals surface area (Å²) in [5, 5.41) is 4.51. The Balaban J connectivity index is 1.55. The van der Waals surface area contributed by atoms with Crippen LogP contribution in [0.3, 0.4) is 0 Å². The number of aromatic nitrogens is 2. The highest BCUT2D eigenvalue weighted by Crippen LogP contribution is 2.26. The Morgan fingerprint density at radius 2 is 1.73 bits per heavy atom. The van der Waals surface area contributed by atoms with Gasteiger partial charge in [-0.05, 0) is 48.9 Å². The van der Waals surface area contributed by atoms with E-state index in [1.54, 1.807) is 24.1 Å². The summed E-state index contributed by atoms with van der Waals surface area (Å²) in [5.41, 5.74) is 2.32. The van der Waals surface area contributed by atoms with Crippen molar-refractivity contribution in [2.75, 3.05) is 13.7 Å². The van der Waals surface area contributed by atoms with Crippen LogP contribution in [0.5, 0.6) is 5.75 Å². The Kier molecular flexibility index (Phi) is 7.05. The maximum absolute atomic E-state index is 13.5. The maximum Gasteiger partial charge on any atom is 0.255 e. The Morgan fingerprint density at radius 1 is 1.03 bits per heavy atom. The summed E-state index contributed by atoms with van der Waals surface area (Å²) < 4.78 is 10.7. The van der Waals surface area contributed by atoms with Gasteiger partial charge in [0, 0.05) is 18.5 Å². The predicted octanol–water partition coefficient (Wildman–Crippen LogP) is 5.84. The molecule has 0 saturated carbocycles. The van der Waals surface area contributed by atoms with Gasteiger partial charge in [0.25, 0.3) is 5.91 Å². The van der Waals surface area contributed by atoms with Crippen molar-refractivity contribution in [3.05, 3.63) is 101 Å². The van der Waals surface area contributed by atoms with Gasteiger partial charge in [0.1, 0.15) is 5.75 Å². The molecule has 1 atom stereocenters. The molecule has 4 rings (SSSR count). The summed E-state index contributed by atoms with van der Waals surface area (Å²) >= 11 is 6.33. The minimum Gasteiger partial charge on any atom is -0.497 e. The fraction of sp³-hybridized carbons (Fsp3) is 0.192. The highest BCUT2D eigenvalue weighted by Gasteiger charge is 2.25. The van der Waals surface area contributed by atoms with Crippen LogP contribution < -0.4 is 4.74 Å². The highest BCUT2D eigenvalue weighted by molar-refractivity contribution is 6.33. The number of methoxy groups -OCH3 is 1. The van der Waals surface area contributed by atoms with Gasteiger partial charge in [-0.2, -0.15) is 4.98 Å². The Morgan fingerprint density at radius 3 is 2.42 bits per heavy atom. The SMILES string of the molecule is COc1ccc(-c2noc(CCN(C(=O)c3ccccc3Cl)[C@H](C)c3ccccc3)n2)cc1. The smallest absolute Gasteiger partial charge is 0.255 e. The van der Waals surface area contributed by atoms with Gasteiger partial charge < -0.3 is 14.2 Å². The minimum atomic E-state index is -0.168. The summed E-state index contributed by atoms with van der Waals surface area (Å²) in [5.74, 6) is 1.56. The molecule has 168 valence electrons. The molecule has 4 aromatic rings. The molecule has 6 nitrogen and oxygen atoms in total. The lowest BCUT2D eigenvalue weighted by Gasteiger charge is -2.29. The van der Waals surface area contributed by atoms with Gasteiger partial charge in [0.15, 0.2) is 0 Å². The lowest BCUT2D eigenvalue weighted by molar-refractivity contribution is 0.0689. The number of ether oxygens (including phenoxy) is 1. The van der Waals surface area contributed by atoms with Crippen molar-refractivity contribution in [1.29, 1.82) is 0 Å². The third-order valence-corrected chi connectivity index (χ3v) is 5.83. The molecule has 0 spiro atoms. The standard InChI is InChI=1S/C26H24ClN3O3/c1-18(19-8-4-3-5-9-19)30(26(31)22-10-6-7-11-23(22)27)17-16-24-28-25(29-33-24)20-12-14-21(32-2)15-13-20/h3-15,18H,16-17H2,1-2H3/t18-/m1/s1. The number of hydrogen-bond acceptors (Lipinski definition) is 5. The lowest BCUT2D eigenvalue weighted by Crippen LogP contribution is -2.35. The van der Waals surface area contributed by atoms with Gasteiger partial charge >= 0.3 is 0 Å². The zero-order chi connectivity index (χ0) is 23.2. The number of amides is 1. The summed E-state index contributed by atoms with van der Waals surface area (Å²) in [6.45, 7) is 2.39. The average molecular weight is 462 g/mol. The van der Waals surface area contributed by atoms with Gasteiger partial charge in [-0.3, -0.25) is 4.79 Å². The highest BCUT2D eigenvalue weighted by atomic mass is 35.5. The second-order valence-electron chi connectivity index (χ2n) is 7.56. The number of benzene rings is 3. The quantitative estimate of drug-likeness (QED) is 0.329. The van der Waals surface area contributed by atoms with Gasteiger partial charge in [-0.15, -0.1) is 0 Å². The number of nitrogens with zero attached hydrogens (tertiary/aromatic N) is 3. The second-order valence-corrected chi connectivity index (χ2v) is 7.96. The van der Waals surface area contributed by atoms with Crippen LogP contribution in [-0.2, 0) is 6.42 Å². The Hall–Kier alpha value is -3.64. The van der Waals surface area contributed by atoms with Crippen LogP contribution in [0, 0.1) is 0 Å². The third-order valence-electron chi connectivity index (χ3n) is 5.50. The number of halogens is 1. The van der Waals surface area contributed by atoms with Crippen LogP contribution in [0.1, 0.15) is 34.8 Å². The fourth-order valence-corrected chi connectivity index (χ4v) is 3.82. The lowest BCUT2D eigenvalue weighted by atomic mass is 10.0. The van der Waals surface area contributed by atoms with E-state index in [-0.39, 0.29) is 11.9 Å². The van der Waals surface area contributed by atoms with Crippen LogP contribution in [0.15, 0.2) is 83.4 Å². The molecule has 1 heterocycles. The molecule has 1 aromatic heterocycles. The molecule has 0 saturated heterocycles. The molecule has 0 unspecified atom stereocenters. The van der Waals surface area contributed by atoms with E-state index in [1.807, 2.05) is 73.7 Å². The molecule has 0 aliphatic rings. The van der Waals surface area contributed by atoms with E-state index >= 15 is 0 Å². The molecule has 1 amide bonds. The van der Waals surface area contributed by atoms with Crippen molar-refractivity contribution in [2.24, 2.45) is 0 Å². The zero-order valence-corrected chi connectivity index (χ0v) is 19.2. The molecule has 0 radical (unpaired) electrons. The topological polar surface area (TPSA) is 68.5 Å². The predicted molar refractivity (Wildman–Crippen MR) is 127 cm³/mol. The van der Waals surface area contributed by atoms with Crippen LogP contribution >= 0.6 is 11.6 Å². The third kappa shape index (κ3) is 5.23. The molecular weight excluding hydrogens is 438 g/mol. The van der Waals surface area contributed by atoms with Gasteiger partial charge in [0.2, 0.25) is 11.7 Å². The fourth-order valence-electron chi connectivity index (χ4n) is 3.60. The van der Waals surface area contributed by atoms with Crippen LogP contribution in [0.25, 0.3) is 11.4 Å². The van der Waals surface area contributed by atoms with Crippen molar-refractivity contribution in [3.63, 3.8) is 0 Å². The van der Waals surface area contributed by atoms with E-state index in [2.05, 4.69) is 10.1 Å². The van der Waals surface area contributed by atoms with Crippen molar-refractivity contribution in [1.82, 2.24) is 15.0 Å². The zero-order valence-electron chi connectivity index (χ0n) is 18.4. The molecule has 3 aromatic carbocycles. The van der Waals surface area contributed by atoms with E-state index in [0.717, 1.165) is 16.9 Å². The minimum absolute atomic E-state index is 0.146. The van der Waals surface area contributed by atoms with Crippen molar-refractivity contribution < 1.29 is 14.1 Å². The van der Waals surface area contributed by atoms with Gasteiger partial charge in [-0.1, -0.05) is 59.2 Å². The summed E-state index contributed by atoms with van der Waals surface area (Å²) in [6.07, 6.45) is 0.413.